The van der Waals surface area contributed by atoms with Gasteiger partial charge in [-0.1, -0.05) is 48.0 Å². The first kappa shape index (κ1) is 16.6. The third-order valence-electron chi connectivity index (χ3n) is 4.42. The molecule has 2 nitrogen and oxygen atoms in total. The lowest BCUT2D eigenvalue weighted by Crippen LogP contribution is -2.30. The second-order valence-electron chi connectivity index (χ2n) is 6.34. The molecule has 1 unspecified atom stereocenters. The Balaban J connectivity index is 1.90. The van der Waals surface area contributed by atoms with Crippen molar-refractivity contribution in [3.63, 3.8) is 0 Å². The van der Waals surface area contributed by atoms with Crippen LogP contribution in [0.15, 0.2) is 42.5 Å². The monoisotopic (exact) mass is 333 g/mol. The zero-order chi connectivity index (χ0) is 17.3. The topological polar surface area (TPSA) is 20.3 Å². The van der Waals surface area contributed by atoms with Gasteiger partial charge in [0.15, 0.2) is 0 Å². The fraction of sp³-hybridized carbons (Fsp3) is 0.316. The van der Waals surface area contributed by atoms with Crippen LogP contribution in [-0.4, -0.2) is 29.8 Å². The Morgan fingerprint density at radius 2 is 2.00 bits per heavy atom. The molecule has 1 aliphatic rings. The lowest BCUT2D eigenvalue weighted by molar-refractivity contribution is -0.120. The molecule has 0 N–H and O–H groups in total. The van der Waals surface area contributed by atoms with Crippen molar-refractivity contribution in [1.29, 1.82) is 0 Å². The summed E-state index contributed by atoms with van der Waals surface area (Å²) in [4.78, 5) is 12.1. The maximum Gasteiger partial charge on any atom is 0.267 e. The van der Waals surface area contributed by atoms with Crippen molar-refractivity contribution < 1.29 is 18.0 Å². The molecule has 0 bridgehead atoms. The Hall–Kier alpha value is -2.30. The summed E-state index contributed by atoms with van der Waals surface area (Å²) in [5.41, 5.74) is 2.56. The number of aryl methyl sites for hydroxylation is 1. The van der Waals surface area contributed by atoms with Gasteiger partial charge >= 0.3 is 0 Å². The molecule has 1 aliphatic heterocycles. The number of halogens is 3. The van der Waals surface area contributed by atoms with Crippen LogP contribution in [0, 0.1) is 12.7 Å². The number of nitrogens with zero attached hydrogens (tertiary/aromatic N) is 1. The van der Waals surface area contributed by atoms with E-state index in [1.165, 1.54) is 0 Å². The van der Waals surface area contributed by atoms with Gasteiger partial charge < -0.3 is 4.90 Å². The summed E-state index contributed by atoms with van der Waals surface area (Å²) < 4.78 is 41.9. The first-order chi connectivity index (χ1) is 11.4. The number of benzene rings is 2. The zero-order valence-electron chi connectivity index (χ0n) is 13.3. The standard InChI is InChI=1S/C19H18F3NO/c1-13-4-2-5-14(8-13)17-7-3-6-15(18(17)20)9-16-10-19(21,22)11-23(16)12-24/h2-8,12,16H,9-11H2,1H3. The Labute approximate surface area is 138 Å². The minimum absolute atomic E-state index is 0.0832. The summed E-state index contributed by atoms with van der Waals surface area (Å²) in [5.74, 6) is -3.32. The smallest absolute Gasteiger partial charge is 0.267 e. The van der Waals surface area contributed by atoms with E-state index < -0.39 is 30.7 Å². The van der Waals surface area contributed by atoms with Gasteiger partial charge in [0.05, 0.1) is 6.54 Å². The van der Waals surface area contributed by atoms with Crippen LogP contribution < -0.4 is 0 Å². The van der Waals surface area contributed by atoms with Crippen molar-refractivity contribution in [3.05, 3.63) is 59.4 Å². The van der Waals surface area contributed by atoms with E-state index in [4.69, 9.17) is 0 Å². The number of hydrogen-bond acceptors (Lipinski definition) is 1. The molecule has 2 aromatic carbocycles. The summed E-state index contributed by atoms with van der Waals surface area (Å²) in [6, 6.07) is 11.8. The van der Waals surface area contributed by atoms with E-state index in [0.29, 0.717) is 17.5 Å². The predicted molar refractivity (Wildman–Crippen MR) is 86.4 cm³/mol. The predicted octanol–water partition coefficient (Wildman–Crippen LogP) is 4.21. The van der Waals surface area contributed by atoms with Gasteiger partial charge in [-0.3, -0.25) is 4.79 Å². The average molecular weight is 333 g/mol. The molecule has 0 spiro atoms. The third-order valence-corrected chi connectivity index (χ3v) is 4.42. The van der Waals surface area contributed by atoms with Crippen molar-refractivity contribution in [2.45, 2.75) is 31.7 Å². The van der Waals surface area contributed by atoms with Crippen LogP contribution in [0.2, 0.25) is 0 Å². The molecule has 24 heavy (non-hydrogen) atoms. The van der Waals surface area contributed by atoms with Gasteiger partial charge in [-0.05, 0) is 24.5 Å². The minimum atomic E-state index is -2.91. The van der Waals surface area contributed by atoms with Crippen molar-refractivity contribution in [1.82, 2.24) is 4.90 Å². The molecule has 5 heteroatoms. The SMILES string of the molecule is Cc1cccc(-c2cccc(CC3CC(F)(F)CN3C=O)c2F)c1. The van der Waals surface area contributed by atoms with Crippen LogP contribution >= 0.6 is 0 Å². The molecule has 1 saturated heterocycles. The van der Waals surface area contributed by atoms with E-state index in [1.54, 1.807) is 18.2 Å². The Kier molecular flexibility index (Phi) is 4.35. The number of likely N-dealkylation sites (tertiary alicyclic amines) is 1. The van der Waals surface area contributed by atoms with Gasteiger partial charge in [0.2, 0.25) is 6.41 Å². The lowest BCUT2D eigenvalue weighted by atomic mass is 9.96. The zero-order valence-corrected chi connectivity index (χ0v) is 13.3. The van der Waals surface area contributed by atoms with Gasteiger partial charge in [0.1, 0.15) is 5.82 Å². The molecular formula is C19H18F3NO. The van der Waals surface area contributed by atoms with Crippen LogP contribution in [0.4, 0.5) is 13.2 Å². The van der Waals surface area contributed by atoms with Crippen molar-refractivity contribution in [2.75, 3.05) is 6.54 Å². The fourth-order valence-electron chi connectivity index (χ4n) is 3.26. The maximum absolute atomic E-state index is 14.9. The van der Waals surface area contributed by atoms with Crippen LogP contribution in [-0.2, 0) is 11.2 Å². The molecule has 0 aliphatic carbocycles. The third kappa shape index (κ3) is 3.30. The summed E-state index contributed by atoms with van der Waals surface area (Å²) in [5, 5.41) is 0. The van der Waals surface area contributed by atoms with Gasteiger partial charge in [0.25, 0.3) is 5.92 Å². The van der Waals surface area contributed by atoms with Crippen LogP contribution in [0.3, 0.4) is 0 Å². The Morgan fingerprint density at radius 1 is 1.25 bits per heavy atom. The number of amides is 1. The van der Waals surface area contributed by atoms with Gasteiger partial charge in [-0.2, -0.15) is 0 Å². The van der Waals surface area contributed by atoms with Crippen LogP contribution in [0.1, 0.15) is 17.5 Å². The van der Waals surface area contributed by atoms with Crippen molar-refractivity contribution >= 4 is 6.41 Å². The highest BCUT2D eigenvalue weighted by molar-refractivity contribution is 5.66. The van der Waals surface area contributed by atoms with Gasteiger partial charge in [0, 0.05) is 18.0 Å². The number of rotatable bonds is 4. The van der Waals surface area contributed by atoms with Gasteiger partial charge in [-0.15, -0.1) is 0 Å². The van der Waals surface area contributed by atoms with E-state index >= 15 is 0 Å². The molecule has 1 atom stereocenters. The molecule has 3 rings (SSSR count). The summed E-state index contributed by atoms with van der Waals surface area (Å²) in [6.45, 7) is 1.33. The molecule has 0 aromatic heterocycles. The van der Waals surface area contributed by atoms with E-state index in [-0.39, 0.29) is 6.42 Å². The summed E-state index contributed by atoms with van der Waals surface area (Å²) in [6.07, 6.45) is 0.0769. The average Bonchev–Trinajstić information content (AvgIpc) is 2.83. The maximum atomic E-state index is 14.9. The first-order valence-electron chi connectivity index (χ1n) is 7.83. The second-order valence-corrected chi connectivity index (χ2v) is 6.34. The summed E-state index contributed by atoms with van der Waals surface area (Å²) >= 11 is 0. The van der Waals surface area contributed by atoms with E-state index in [9.17, 15) is 18.0 Å². The molecule has 126 valence electrons. The number of hydrogen-bond donors (Lipinski definition) is 0. The highest BCUT2D eigenvalue weighted by atomic mass is 19.3. The summed E-state index contributed by atoms with van der Waals surface area (Å²) in [7, 11) is 0. The van der Waals surface area contributed by atoms with Gasteiger partial charge in [-0.25, -0.2) is 13.2 Å². The first-order valence-corrected chi connectivity index (χ1v) is 7.83. The van der Waals surface area contributed by atoms with E-state index in [1.807, 2.05) is 31.2 Å². The Bertz CT molecular complexity index is 760. The molecular weight excluding hydrogens is 315 g/mol. The van der Waals surface area contributed by atoms with Crippen LogP contribution in [0.5, 0.6) is 0 Å². The largest absolute Gasteiger partial charge is 0.336 e. The van der Waals surface area contributed by atoms with Crippen molar-refractivity contribution in [3.8, 4) is 11.1 Å². The molecule has 0 saturated carbocycles. The highest BCUT2D eigenvalue weighted by Crippen LogP contribution is 2.34. The number of carbonyl (C=O) groups is 1. The minimum Gasteiger partial charge on any atom is -0.336 e. The van der Waals surface area contributed by atoms with E-state index in [0.717, 1.165) is 16.0 Å². The molecule has 2 aromatic rings. The second kappa shape index (κ2) is 6.30. The molecule has 1 heterocycles. The molecule has 0 radical (unpaired) electrons. The quantitative estimate of drug-likeness (QED) is 0.768. The number of carbonyl (C=O) groups excluding carboxylic acids is 1. The fourth-order valence-corrected chi connectivity index (χ4v) is 3.26. The Morgan fingerprint density at radius 3 is 2.71 bits per heavy atom. The van der Waals surface area contributed by atoms with Crippen molar-refractivity contribution in [2.24, 2.45) is 0 Å². The normalized spacial score (nSPS) is 19.5. The number of alkyl halides is 2. The molecule has 1 amide bonds. The highest BCUT2D eigenvalue weighted by Gasteiger charge is 2.44. The molecule has 1 fully saturated rings. The van der Waals surface area contributed by atoms with Crippen LogP contribution in [0.25, 0.3) is 11.1 Å². The lowest BCUT2D eigenvalue weighted by Gasteiger charge is -2.19. The van der Waals surface area contributed by atoms with E-state index in [2.05, 4.69) is 0 Å².